The lowest BCUT2D eigenvalue weighted by Crippen LogP contribution is -2.14. The fraction of sp³-hybridized carbons (Fsp3) is 0.143. The van der Waals surface area contributed by atoms with Gasteiger partial charge >= 0.3 is 16.3 Å². The molecule has 0 radical (unpaired) electrons. The molecule has 118 valence electrons. The molecular weight excluding hydrogens is 321 g/mol. The number of halogens is 3. The Kier molecular flexibility index (Phi) is 4.32. The van der Waals surface area contributed by atoms with Crippen LogP contribution in [0.15, 0.2) is 53.4 Å². The number of hydrogen-bond acceptors (Lipinski definition) is 4. The highest BCUT2D eigenvalue weighted by atomic mass is 32.2. The van der Waals surface area contributed by atoms with Gasteiger partial charge in [0.2, 0.25) is 0 Å². The zero-order chi connectivity index (χ0) is 16.4. The molecule has 0 spiro atoms. The fourth-order valence-corrected chi connectivity index (χ4v) is 2.63. The van der Waals surface area contributed by atoms with Gasteiger partial charge in [-0.15, -0.1) is 0 Å². The predicted octanol–water partition coefficient (Wildman–Crippen LogP) is 3.48. The van der Waals surface area contributed by atoms with Crippen LogP contribution in [-0.2, 0) is 16.3 Å². The van der Waals surface area contributed by atoms with E-state index in [4.69, 9.17) is 4.74 Å². The van der Waals surface area contributed by atoms with Gasteiger partial charge in [0.05, 0.1) is 12.7 Å². The smallest absolute Gasteiger partial charge is 0.420 e. The summed E-state index contributed by atoms with van der Waals surface area (Å²) >= 11 is 0. The summed E-state index contributed by atoms with van der Waals surface area (Å²) in [6, 6.07) is 9.21. The Hall–Kier alpha value is -2.22. The zero-order valence-electron chi connectivity index (χ0n) is 11.3. The molecule has 0 N–H and O–H groups in total. The van der Waals surface area contributed by atoms with E-state index in [0.29, 0.717) is 5.75 Å². The van der Waals surface area contributed by atoms with E-state index in [1.807, 2.05) is 0 Å². The molecule has 0 heterocycles. The van der Waals surface area contributed by atoms with Crippen molar-refractivity contribution in [1.82, 2.24) is 0 Å². The van der Waals surface area contributed by atoms with Gasteiger partial charge in [-0.05, 0) is 36.4 Å². The van der Waals surface area contributed by atoms with E-state index in [-0.39, 0.29) is 4.90 Å². The number of benzene rings is 2. The van der Waals surface area contributed by atoms with Crippen molar-refractivity contribution < 1.29 is 30.5 Å². The summed E-state index contributed by atoms with van der Waals surface area (Å²) < 4.78 is 72.1. The lowest BCUT2D eigenvalue weighted by molar-refractivity contribution is -0.138. The topological polar surface area (TPSA) is 52.6 Å². The van der Waals surface area contributed by atoms with E-state index in [9.17, 15) is 21.6 Å². The molecule has 8 heteroatoms. The minimum atomic E-state index is -4.72. The minimum absolute atomic E-state index is 0.273. The fourth-order valence-electron chi connectivity index (χ4n) is 1.68. The number of ether oxygens (including phenoxy) is 1. The normalized spacial score (nSPS) is 12.0. The summed E-state index contributed by atoms with van der Waals surface area (Å²) in [7, 11) is -2.97. The molecule has 22 heavy (non-hydrogen) atoms. The van der Waals surface area contributed by atoms with Gasteiger partial charge in [0.15, 0.2) is 5.75 Å². The molecule has 0 amide bonds. The number of rotatable bonds is 4. The van der Waals surface area contributed by atoms with E-state index in [1.54, 1.807) is 0 Å². The van der Waals surface area contributed by atoms with Crippen LogP contribution in [0.1, 0.15) is 5.56 Å². The molecule has 0 aliphatic heterocycles. The van der Waals surface area contributed by atoms with Gasteiger partial charge in [0.1, 0.15) is 10.6 Å². The van der Waals surface area contributed by atoms with Crippen LogP contribution in [0.25, 0.3) is 0 Å². The van der Waals surface area contributed by atoms with E-state index >= 15 is 0 Å². The van der Waals surface area contributed by atoms with Crippen molar-refractivity contribution in [3.63, 3.8) is 0 Å². The van der Waals surface area contributed by atoms with E-state index in [2.05, 4.69) is 4.18 Å². The van der Waals surface area contributed by atoms with Crippen molar-refractivity contribution in [2.24, 2.45) is 0 Å². The highest BCUT2D eigenvalue weighted by molar-refractivity contribution is 7.87. The van der Waals surface area contributed by atoms with Gasteiger partial charge < -0.3 is 8.92 Å². The first-order chi connectivity index (χ1) is 10.2. The summed E-state index contributed by atoms with van der Waals surface area (Å²) in [5.74, 6) is -0.361. The molecule has 0 bridgehead atoms. The molecule has 0 saturated heterocycles. The maximum atomic E-state index is 12.8. The Morgan fingerprint density at radius 3 is 2.09 bits per heavy atom. The summed E-state index contributed by atoms with van der Waals surface area (Å²) in [5.41, 5.74) is -1.16. The molecule has 2 rings (SSSR count). The van der Waals surface area contributed by atoms with Gasteiger partial charge in [-0.25, -0.2) is 0 Å². The summed E-state index contributed by atoms with van der Waals surface area (Å²) in [5, 5.41) is 0. The van der Waals surface area contributed by atoms with Crippen LogP contribution in [-0.4, -0.2) is 15.5 Å². The van der Waals surface area contributed by atoms with Crippen LogP contribution in [0.3, 0.4) is 0 Å². The Morgan fingerprint density at radius 1 is 0.955 bits per heavy atom. The summed E-state index contributed by atoms with van der Waals surface area (Å²) in [4.78, 5) is -0.273. The molecule has 0 aliphatic rings. The predicted molar refractivity (Wildman–Crippen MR) is 72.3 cm³/mol. The van der Waals surface area contributed by atoms with Gasteiger partial charge in [0.25, 0.3) is 0 Å². The molecule has 0 aliphatic carbocycles. The first kappa shape index (κ1) is 16.2. The van der Waals surface area contributed by atoms with Gasteiger partial charge in [0, 0.05) is 0 Å². The van der Waals surface area contributed by atoms with E-state index in [1.165, 1.54) is 37.4 Å². The number of para-hydroxylation sites is 1. The van der Waals surface area contributed by atoms with Crippen LogP contribution in [0.4, 0.5) is 13.2 Å². The van der Waals surface area contributed by atoms with Crippen molar-refractivity contribution in [2.45, 2.75) is 11.1 Å². The first-order valence-corrected chi connectivity index (χ1v) is 7.39. The highest BCUT2D eigenvalue weighted by Crippen LogP contribution is 2.37. The summed E-state index contributed by atoms with van der Waals surface area (Å²) in [6.45, 7) is 0. The number of alkyl halides is 3. The molecule has 0 saturated carbocycles. The summed E-state index contributed by atoms with van der Waals surface area (Å²) in [6.07, 6.45) is -4.72. The second-order valence-corrected chi connectivity index (χ2v) is 5.75. The van der Waals surface area contributed by atoms with E-state index in [0.717, 1.165) is 18.2 Å². The second kappa shape index (κ2) is 5.88. The van der Waals surface area contributed by atoms with Crippen molar-refractivity contribution >= 4 is 10.1 Å². The maximum absolute atomic E-state index is 12.8. The monoisotopic (exact) mass is 332 g/mol. The average Bonchev–Trinajstić information content (AvgIpc) is 2.46. The third-order valence-electron chi connectivity index (χ3n) is 2.74. The van der Waals surface area contributed by atoms with Crippen molar-refractivity contribution in [3.8, 4) is 11.5 Å². The lowest BCUT2D eigenvalue weighted by Gasteiger charge is -2.13. The van der Waals surface area contributed by atoms with Crippen LogP contribution < -0.4 is 8.92 Å². The number of methoxy groups -OCH3 is 1. The van der Waals surface area contributed by atoms with Gasteiger partial charge in [-0.2, -0.15) is 21.6 Å². The molecule has 2 aromatic carbocycles. The first-order valence-electron chi connectivity index (χ1n) is 5.99. The Bertz CT molecular complexity index is 752. The Morgan fingerprint density at radius 2 is 1.55 bits per heavy atom. The van der Waals surface area contributed by atoms with Gasteiger partial charge in [-0.3, -0.25) is 0 Å². The maximum Gasteiger partial charge on any atom is 0.420 e. The molecule has 0 fully saturated rings. The van der Waals surface area contributed by atoms with E-state index < -0.39 is 27.6 Å². The molecule has 4 nitrogen and oxygen atoms in total. The third kappa shape index (κ3) is 3.51. The molecular formula is C14H11F3O4S. The number of hydrogen-bond donors (Lipinski definition) is 0. The largest absolute Gasteiger partial charge is 0.497 e. The highest BCUT2D eigenvalue weighted by Gasteiger charge is 2.35. The average molecular weight is 332 g/mol. The Labute approximate surface area is 125 Å². The SMILES string of the molecule is COc1ccc(S(=O)(=O)Oc2ccccc2C(F)(F)F)cc1. The standard InChI is InChI=1S/C14H11F3O4S/c1-20-10-6-8-11(9-7-10)22(18,19)21-13-5-3-2-4-12(13)14(15,16)17/h2-9H,1H3. The second-order valence-electron chi connectivity index (χ2n) is 4.21. The van der Waals surface area contributed by atoms with Crippen molar-refractivity contribution in [1.29, 1.82) is 0 Å². The molecule has 0 aromatic heterocycles. The zero-order valence-corrected chi connectivity index (χ0v) is 12.1. The Balaban J connectivity index is 2.37. The quantitative estimate of drug-likeness (QED) is 0.805. The van der Waals surface area contributed by atoms with Crippen molar-refractivity contribution in [3.05, 3.63) is 54.1 Å². The van der Waals surface area contributed by atoms with Gasteiger partial charge in [-0.1, -0.05) is 12.1 Å². The molecule has 0 atom stereocenters. The van der Waals surface area contributed by atoms with Crippen LogP contribution in [0.2, 0.25) is 0 Å². The molecule has 0 unspecified atom stereocenters. The van der Waals surface area contributed by atoms with Crippen LogP contribution in [0, 0.1) is 0 Å². The van der Waals surface area contributed by atoms with Crippen LogP contribution in [0.5, 0.6) is 11.5 Å². The van der Waals surface area contributed by atoms with Crippen LogP contribution >= 0.6 is 0 Å². The van der Waals surface area contributed by atoms with Crippen molar-refractivity contribution in [2.75, 3.05) is 7.11 Å². The third-order valence-corrected chi connectivity index (χ3v) is 3.99. The molecule has 2 aromatic rings. The lowest BCUT2D eigenvalue weighted by atomic mass is 10.2. The minimum Gasteiger partial charge on any atom is -0.497 e.